The summed E-state index contributed by atoms with van der Waals surface area (Å²) in [6.45, 7) is 3.24. The molecule has 20 heavy (non-hydrogen) atoms. The van der Waals surface area contributed by atoms with Crippen molar-refractivity contribution < 1.29 is 0 Å². The molecule has 1 aliphatic rings. The maximum Gasteiger partial charge on any atom is 0.0453 e. The zero-order valence-electron chi connectivity index (χ0n) is 12.7. The summed E-state index contributed by atoms with van der Waals surface area (Å²) in [5.41, 5.74) is 7.79. The molecule has 0 spiro atoms. The highest BCUT2D eigenvalue weighted by atomic mass is 35.5. The minimum Gasteiger partial charge on any atom is -0.325 e. The maximum absolute atomic E-state index is 6.52. The molecule has 2 N–H and O–H groups in total. The van der Waals surface area contributed by atoms with Crippen LogP contribution in [0.25, 0.3) is 0 Å². The van der Waals surface area contributed by atoms with E-state index in [-0.39, 0.29) is 5.54 Å². The van der Waals surface area contributed by atoms with Gasteiger partial charge in [-0.2, -0.15) is 0 Å². The van der Waals surface area contributed by atoms with Gasteiger partial charge in [0.1, 0.15) is 0 Å². The summed E-state index contributed by atoms with van der Waals surface area (Å²) in [5.74, 6) is 0. The van der Waals surface area contributed by atoms with Gasteiger partial charge < -0.3 is 5.73 Å². The van der Waals surface area contributed by atoms with Crippen molar-refractivity contribution in [3.8, 4) is 0 Å². The van der Waals surface area contributed by atoms with Crippen molar-refractivity contribution in [1.29, 1.82) is 0 Å². The number of halogens is 1. The van der Waals surface area contributed by atoms with Gasteiger partial charge in [0.2, 0.25) is 0 Å². The predicted octanol–water partition coefficient (Wildman–Crippen LogP) is 4.38. The topological polar surface area (TPSA) is 29.3 Å². The van der Waals surface area contributed by atoms with Crippen molar-refractivity contribution in [3.63, 3.8) is 0 Å². The van der Waals surface area contributed by atoms with Crippen LogP contribution in [0.3, 0.4) is 0 Å². The van der Waals surface area contributed by atoms with E-state index < -0.39 is 0 Å². The minimum atomic E-state index is 0.0622. The fraction of sp³-hybridized carbons (Fsp3) is 0.647. The predicted molar refractivity (Wildman–Crippen MR) is 87.1 cm³/mol. The van der Waals surface area contributed by atoms with Crippen LogP contribution < -0.4 is 5.73 Å². The first kappa shape index (κ1) is 15.8. The molecule has 1 atom stereocenters. The zero-order valence-corrected chi connectivity index (χ0v) is 13.5. The van der Waals surface area contributed by atoms with Crippen LogP contribution in [0, 0.1) is 0 Å². The normalized spacial score (nSPS) is 20.1. The van der Waals surface area contributed by atoms with Crippen molar-refractivity contribution >= 4 is 11.6 Å². The number of hydrogen-bond donors (Lipinski definition) is 1. The molecule has 1 aliphatic carbocycles. The first-order valence-electron chi connectivity index (χ1n) is 7.75. The van der Waals surface area contributed by atoms with Crippen molar-refractivity contribution in [1.82, 2.24) is 4.90 Å². The maximum atomic E-state index is 6.52. The van der Waals surface area contributed by atoms with E-state index in [2.05, 4.69) is 31.0 Å². The molecule has 0 radical (unpaired) electrons. The van der Waals surface area contributed by atoms with Crippen LogP contribution in [-0.4, -0.2) is 24.0 Å². The largest absolute Gasteiger partial charge is 0.325 e. The standard InChI is InChI=1S/C17H27ClN2/c1-14(15-8-4-5-9-16(15)18)20(2)13-12-17(19)10-6-3-7-11-17/h4-5,8-9,14H,3,6-7,10-13,19H2,1-2H3. The molecule has 1 aromatic carbocycles. The first-order valence-corrected chi connectivity index (χ1v) is 8.13. The van der Waals surface area contributed by atoms with E-state index in [1.54, 1.807) is 0 Å². The molecule has 112 valence electrons. The highest BCUT2D eigenvalue weighted by Crippen LogP contribution is 2.31. The lowest BCUT2D eigenvalue weighted by Gasteiger charge is -2.36. The van der Waals surface area contributed by atoms with Gasteiger partial charge in [-0.25, -0.2) is 0 Å². The molecule has 0 saturated heterocycles. The minimum absolute atomic E-state index is 0.0622. The molecular formula is C17H27ClN2. The van der Waals surface area contributed by atoms with E-state index in [1.165, 1.54) is 37.7 Å². The van der Waals surface area contributed by atoms with Gasteiger partial charge in [0.05, 0.1) is 0 Å². The van der Waals surface area contributed by atoms with Crippen LogP contribution in [0.5, 0.6) is 0 Å². The Balaban J connectivity index is 1.91. The molecule has 0 amide bonds. The quantitative estimate of drug-likeness (QED) is 0.873. The SMILES string of the molecule is CC(c1ccccc1Cl)N(C)CCC1(N)CCCCC1. The lowest BCUT2D eigenvalue weighted by atomic mass is 9.80. The fourth-order valence-electron chi connectivity index (χ4n) is 3.15. The van der Waals surface area contributed by atoms with E-state index in [0.29, 0.717) is 6.04 Å². The van der Waals surface area contributed by atoms with Gasteiger partial charge in [-0.3, -0.25) is 4.90 Å². The highest BCUT2D eigenvalue weighted by Gasteiger charge is 2.28. The Labute approximate surface area is 128 Å². The Bertz CT molecular complexity index is 427. The van der Waals surface area contributed by atoms with Gasteiger partial charge in [0, 0.05) is 23.1 Å². The molecule has 0 heterocycles. The van der Waals surface area contributed by atoms with Crippen LogP contribution >= 0.6 is 11.6 Å². The average molecular weight is 295 g/mol. The second-order valence-electron chi connectivity index (χ2n) is 6.35. The van der Waals surface area contributed by atoms with Gasteiger partial charge in [-0.1, -0.05) is 49.1 Å². The Morgan fingerprint density at radius 2 is 1.90 bits per heavy atom. The summed E-state index contributed by atoms with van der Waals surface area (Å²) in [6.07, 6.45) is 7.38. The van der Waals surface area contributed by atoms with Crippen LogP contribution in [0.2, 0.25) is 5.02 Å². The second-order valence-corrected chi connectivity index (χ2v) is 6.76. The summed E-state index contributed by atoms with van der Waals surface area (Å²) in [7, 11) is 2.17. The van der Waals surface area contributed by atoms with Crippen molar-refractivity contribution in [3.05, 3.63) is 34.9 Å². The Hall–Kier alpha value is -0.570. The van der Waals surface area contributed by atoms with Gasteiger partial charge in [0.15, 0.2) is 0 Å². The zero-order chi connectivity index (χ0) is 14.6. The highest BCUT2D eigenvalue weighted by molar-refractivity contribution is 6.31. The Morgan fingerprint density at radius 1 is 1.25 bits per heavy atom. The Morgan fingerprint density at radius 3 is 2.55 bits per heavy atom. The number of nitrogens with two attached hydrogens (primary N) is 1. The molecule has 2 rings (SSSR count). The fourth-order valence-corrected chi connectivity index (χ4v) is 3.44. The van der Waals surface area contributed by atoms with E-state index in [0.717, 1.165) is 18.0 Å². The van der Waals surface area contributed by atoms with Crippen molar-refractivity contribution in [2.75, 3.05) is 13.6 Å². The average Bonchev–Trinajstić information content (AvgIpc) is 2.45. The molecule has 0 aromatic heterocycles. The molecular weight excluding hydrogens is 268 g/mol. The third kappa shape index (κ3) is 3.97. The summed E-state index contributed by atoms with van der Waals surface area (Å²) in [6, 6.07) is 8.44. The van der Waals surface area contributed by atoms with Gasteiger partial charge in [-0.05, 0) is 44.9 Å². The van der Waals surface area contributed by atoms with Crippen molar-refractivity contribution in [2.24, 2.45) is 5.73 Å². The molecule has 2 nitrogen and oxygen atoms in total. The smallest absolute Gasteiger partial charge is 0.0453 e. The van der Waals surface area contributed by atoms with Crippen LogP contribution in [0.4, 0.5) is 0 Å². The van der Waals surface area contributed by atoms with E-state index >= 15 is 0 Å². The van der Waals surface area contributed by atoms with Crippen LogP contribution in [-0.2, 0) is 0 Å². The molecule has 0 bridgehead atoms. The summed E-state index contributed by atoms with van der Waals surface area (Å²) < 4.78 is 0. The third-order valence-corrected chi connectivity index (χ3v) is 5.17. The number of rotatable bonds is 5. The monoisotopic (exact) mass is 294 g/mol. The number of nitrogens with zero attached hydrogens (tertiary/aromatic N) is 1. The lowest BCUT2D eigenvalue weighted by Crippen LogP contribution is -2.44. The van der Waals surface area contributed by atoms with E-state index in [1.807, 2.05) is 12.1 Å². The van der Waals surface area contributed by atoms with E-state index in [9.17, 15) is 0 Å². The molecule has 1 unspecified atom stereocenters. The molecule has 1 fully saturated rings. The first-order chi connectivity index (χ1) is 9.52. The van der Waals surface area contributed by atoms with Gasteiger partial charge in [-0.15, -0.1) is 0 Å². The molecule has 1 saturated carbocycles. The molecule has 3 heteroatoms. The van der Waals surface area contributed by atoms with Gasteiger partial charge in [0.25, 0.3) is 0 Å². The van der Waals surface area contributed by atoms with E-state index in [4.69, 9.17) is 17.3 Å². The molecule has 1 aromatic rings. The summed E-state index contributed by atoms with van der Waals surface area (Å²) >= 11 is 6.29. The van der Waals surface area contributed by atoms with Crippen LogP contribution in [0.15, 0.2) is 24.3 Å². The lowest BCUT2D eigenvalue weighted by molar-refractivity contribution is 0.201. The number of benzene rings is 1. The van der Waals surface area contributed by atoms with Crippen molar-refractivity contribution in [2.45, 2.75) is 57.0 Å². The van der Waals surface area contributed by atoms with Crippen LogP contribution in [0.1, 0.15) is 57.1 Å². The number of hydrogen-bond acceptors (Lipinski definition) is 2. The molecule has 0 aliphatic heterocycles. The summed E-state index contributed by atoms with van der Waals surface area (Å²) in [4.78, 5) is 2.37. The summed E-state index contributed by atoms with van der Waals surface area (Å²) in [5, 5.41) is 0.854. The second kappa shape index (κ2) is 6.93. The third-order valence-electron chi connectivity index (χ3n) is 4.83. The van der Waals surface area contributed by atoms with Gasteiger partial charge >= 0.3 is 0 Å². The Kier molecular flexibility index (Phi) is 5.48.